The first kappa shape index (κ1) is 33.0. The minimum Gasteiger partial charge on any atom is -0.490 e. The summed E-state index contributed by atoms with van der Waals surface area (Å²) in [6, 6.07) is 11.0. The molecule has 0 fully saturated rings. The summed E-state index contributed by atoms with van der Waals surface area (Å²) >= 11 is 1.18. The Balaban J connectivity index is 1.77. The van der Waals surface area contributed by atoms with Crippen molar-refractivity contribution in [1.82, 2.24) is 4.57 Å². The summed E-state index contributed by atoms with van der Waals surface area (Å²) in [6.45, 7) is 7.08. The summed E-state index contributed by atoms with van der Waals surface area (Å²) in [5, 5.41) is 0. The topological polar surface area (TPSA) is 141 Å². The van der Waals surface area contributed by atoms with Crippen LogP contribution < -0.4 is 29.1 Å². The van der Waals surface area contributed by atoms with Crippen molar-refractivity contribution >= 4 is 35.3 Å². The summed E-state index contributed by atoms with van der Waals surface area (Å²) in [5.41, 5.74) is 1.54. The van der Waals surface area contributed by atoms with Crippen LogP contribution in [0.1, 0.15) is 44.9 Å². The lowest BCUT2D eigenvalue weighted by atomic mass is 9.95. The number of carbonyl (C=O) groups excluding carboxylic acids is 3. The van der Waals surface area contributed by atoms with Crippen molar-refractivity contribution in [2.75, 3.05) is 40.1 Å². The molecule has 12 nitrogen and oxygen atoms in total. The Hall–Kier alpha value is -4.91. The van der Waals surface area contributed by atoms with Crippen molar-refractivity contribution < 1.29 is 42.8 Å². The summed E-state index contributed by atoms with van der Waals surface area (Å²) in [7, 11) is 1.26. The van der Waals surface area contributed by atoms with E-state index in [-0.39, 0.29) is 37.6 Å². The van der Waals surface area contributed by atoms with Gasteiger partial charge in [-0.3, -0.25) is 9.36 Å². The number of hydrogen-bond acceptors (Lipinski definition) is 12. The van der Waals surface area contributed by atoms with Crippen LogP contribution in [0.3, 0.4) is 0 Å². The molecule has 1 aromatic heterocycles. The average molecular weight is 639 g/mol. The van der Waals surface area contributed by atoms with Gasteiger partial charge in [0.2, 0.25) is 0 Å². The third-order valence-corrected chi connectivity index (χ3v) is 7.50. The molecule has 238 valence electrons. The lowest BCUT2D eigenvalue weighted by Crippen LogP contribution is -2.40. The third-order valence-electron chi connectivity index (χ3n) is 6.51. The molecule has 0 radical (unpaired) electrons. The molecule has 0 N–H and O–H groups in total. The molecule has 1 aliphatic heterocycles. The molecule has 0 saturated heterocycles. The fourth-order valence-electron chi connectivity index (χ4n) is 4.54. The van der Waals surface area contributed by atoms with E-state index in [2.05, 4.69) is 9.73 Å². The van der Waals surface area contributed by atoms with E-state index in [1.54, 1.807) is 76.2 Å². The quantitative estimate of drug-likeness (QED) is 0.203. The van der Waals surface area contributed by atoms with Crippen LogP contribution >= 0.6 is 11.3 Å². The standard InChI is InChI=1S/C32H34N2O10S/c1-6-40-24-16-21(11-14-23(24)44-17-26(35)39-5)29-28(31(38)42-8-3)19(4)33-32-34(29)30(37)25(45-32)15-20-9-12-22(13-10-20)43-18-27(36)41-7-2/h9-16,29H,6-8,17-18H2,1-5H3/b25-15-/t29-/m0/s1. The normalized spacial score (nSPS) is 14.2. The monoisotopic (exact) mass is 638 g/mol. The van der Waals surface area contributed by atoms with Gasteiger partial charge in [0.25, 0.3) is 5.56 Å². The zero-order valence-corrected chi connectivity index (χ0v) is 26.4. The third kappa shape index (κ3) is 7.79. The molecular formula is C32H34N2O10S. The van der Waals surface area contributed by atoms with Gasteiger partial charge in [-0.1, -0.05) is 29.5 Å². The number of fused-ring (bicyclic) bond motifs is 1. The first-order chi connectivity index (χ1) is 21.7. The minimum atomic E-state index is -0.880. The zero-order chi connectivity index (χ0) is 32.5. The molecule has 3 aromatic rings. The Kier molecular flexibility index (Phi) is 11.1. The first-order valence-corrected chi connectivity index (χ1v) is 15.1. The van der Waals surface area contributed by atoms with Gasteiger partial charge in [0.05, 0.1) is 48.8 Å². The Bertz CT molecular complexity index is 1770. The lowest BCUT2D eigenvalue weighted by molar-refractivity contribution is -0.145. The molecule has 0 aliphatic carbocycles. The molecule has 1 aliphatic rings. The molecule has 0 amide bonds. The van der Waals surface area contributed by atoms with E-state index in [1.165, 1.54) is 23.0 Å². The van der Waals surface area contributed by atoms with Crippen LogP contribution in [0, 0.1) is 0 Å². The first-order valence-electron chi connectivity index (χ1n) is 14.2. The maximum absolute atomic E-state index is 14.0. The van der Waals surface area contributed by atoms with Crippen molar-refractivity contribution in [2.24, 2.45) is 4.99 Å². The number of benzene rings is 2. The van der Waals surface area contributed by atoms with Crippen molar-refractivity contribution in [1.29, 1.82) is 0 Å². The van der Waals surface area contributed by atoms with Crippen LogP contribution in [0.5, 0.6) is 17.2 Å². The van der Waals surface area contributed by atoms with Crippen molar-refractivity contribution in [3.05, 3.63) is 84.5 Å². The second kappa shape index (κ2) is 15.2. The molecule has 0 unspecified atom stereocenters. The Labute approximate surface area is 263 Å². The molecule has 13 heteroatoms. The van der Waals surface area contributed by atoms with Gasteiger partial charge in [-0.2, -0.15) is 0 Å². The van der Waals surface area contributed by atoms with Crippen LogP contribution in [0.2, 0.25) is 0 Å². The number of nitrogens with zero attached hydrogens (tertiary/aromatic N) is 2. The molecule has 1 atom stereocenters. The number of carbonyl (C=O) groups is 3. The van der Waals surface area contributed by atoms with E-state index in [1.807, 2.05) is 0 Å². The van der Waals surface area contributed by atoms with Crippen molar-refractivity contribution in [3.63, 3.8) is 0 Å². The summed E-state index contributed by atoms with van der Waals surface area (Å²) in [6.07, 6.45) is 1.72. The largest absolute Gasteiger partial charge is 0.490 e. The highest BCUT2D eigenvalue weighted by atomic mass is 32.1. The average Bonchev–Trinajstić information content (AvgIpc) is 3.33. The number of esters is 3. The molecule has 45 heavy (non-hydrogen) atoms. The second-order valence-electron chi connectivity index (χ2n) is 9.47. The zero-order valence-electron chi connectivity index (χ0n) is 25.6. The SMILES string of the molecule is CCOC(=O)COc1ccc(/C=c2\sc3n(c2=O)[C@@H](c2ccc(OCC(=O)OC)c(OCC)c2)C(C(=O)OCC)=C(C)N=3)cc1. The maximum Gasteiger partial charge on any atom is 0.344 e. The highest BCUT2D eigenvalue weighted by molar-refractivity contribution is 7.07. The van der Waals surface area contributed by atoms with Gasteiger partial charge in [0.15, 0.2) is 29.5 Å². The van der Waals surface area contributed by atoms with Crippen LogP contribution in [-0.4, -0.2) is 62.6 Å². The second-order valence-corrected chi connectivity index (χ2v) is 10.5. The molecule has 2 aromatic carbocycles. The molecule has 4 rings (SSSR count). The van der Waals surface area contributed by atoms with Crippen molar-refractivity contribution in [2.45, 2.75) is 33.7 Å². The Morgan fingerprint density at radius 1 is 0.889 bits per heavy atom. The van der Waals surface area contributed by atoms with Gasteiger partial charge in [0.1, 0.15) is 5.75 Å². The maximum atomic E-state index is 14.0. The van der Waals surface area contributed by atoms with Gasteiger partial charge >= 0.3 is 17.9 Å². The van der Waals surface area contributed by atoms with E-state index in [0.717, 1.165) is 0 Å². The predicted octanol–water partition coefficient (Wildman–Crippen LogP) is 2.69. The number of hydrogen-bond donors (Lipinski definition) is 0. The molecule has 0 saturated carbocycles. The number of ether oxygens (including phenoxy) is 6. The number of aromatic nitrogens is 1. The smallest absolute Gasteiger partial charge is 0.344 e. The van der Waals surface area contributed by atoms with E-state index < -0.39 is 23.9 Å². The predicted molar refractivity (Wildman–Crippen MR) is 164 cm³/mol. The van der Waals surface area contributed by atoms with Gasteiger partial charge in [-0.05, 0) is 69.2 Å². The lowest BCUT2D eigenvalue weighted by Gasteiger charge is -2.25. The van der Waals surface area contributed by atoms with Crippen LogP contribution in [0.15, 0.2) is 63.5 Å². The fraction of sp³-hybridized carbons (Fsp3) is 0.344. The molecule has 0 spiro atoms. The Morgan fingerprint density at radius 2 is 1.60 bits per heavy atom. The van der Waals surface area contributed by atoms with E-state index in [4.69, 9.17) is 23.7 Å². The number of methoxy groups -OCH3 is 1. The van der Waals surface area contributed by atoms with Gasteiger partial charge in [-0.15, -0.1) is 0 Å². The van der Waals surface area contributed by atoms with E-state index >= 15 is 0 Å². The van der Waals surface area contributed by atoms with Gasteiger partial charge in [-0.25, -0.2) is 19.4 Å². The summed E-state index contributed by atoms with van der Waals surface area (Å²) in [5.74, 6) is -0.529. The van der Waals surface area contributed by atoms with Crippen molar-refractivity contribution in [3.8, 4) is 17.2 Å². The van der Waals surface area contributed by atoms with Gasteiger partial charge < -0.3 is 28.4 Å². The molecule has 0 bridgehead atoms. The van der Waals surface area contributed by atoms with E-state index in [9.17, 15) is 19.2 Å². The Morgan fingerprint density at radius 3 is 2.27 bits per heavy atom. The highest BCUT2D eigenvalue weighted by Gasteiger charge is 2.34. The van der Waals surface area contributed by atoms with Crippen LogP contribution in [0.4, 0.5) is 0 Å². The fourth-order valence-corrected chi connectivity index (χ4v) is 5.59. The summed E-state index contributed by atoms with van der Waals surface area (Å²) < 4.78 is 33.6. The van der Waals surface area contributed by atoms with Crippen LogP contribution in [0.25, 0.3) is 6.08 Å². The summed E-state index contributed by atoms with van der Waals surface area (Å²) in [4.78, 5) is 55.5. The molecular weight excluding hydrogens is 604 g/mol. The number of allylic oxidation sites excluding steroid dienone is 1. The number of rotatable bonds is 13. The van der Waals surface area contributed by atoms with Gasteiger partial charge in [0, 0.05) is 0 Å². The minimum absolute atomic E-state index is 0.136. The molecule has 2 heterocycles. The van der Waals surface area contributed by atoms with Crippen LogP contribution in [-0.2, 0) is 28.6 Å². The number of thiazole rings is 1. The van der Waals surface area contributed by atoms with E-state index in [0.29, 0.717) is 50.0 Å². The highest BCUT2D eigenvalue weighted by Crippen LogP contribution is 2.36.